The van der Waals surface area contributed by atoms with Crippen LogP contribution >= 0.6 is 22.7 Å². The number of benzene rings is 8. The lowest BCUT2D eigenvalue weighted by Gasteiger charge is -2.09. The summed E-state index contributed by atoms with van der Waals surface area (Å²) in [5, 5.41) is 7.46. The number of nitrogens with zero attached hydrogens (tertiary/aromatic N) is 4. The first-order valence-corrected chi connectivity index (χ1v) is 20.7. The van der Waals surface area contributed by atoms with Crippen molar-refractivity contribution in [1.82, 2.24) is 19.5 Å². The Morgan fingerprint density at radius 2 is 0.912 bits per heavy atom. The van der Waals surface area contributed by atoms with E-state index < -0.39 is 0 Å². The summed E-state index contributed by atoms with van der Waals surface area (Å²) in [5.41, 5.74) is 8.97. The van der Waals surface area contributed by atoms with Crippen LogP contribution in [0.3, 0.4) is 0 Å². The summed E-state index contributed by atoms with van der Waals surface area (Å²) in [6.45, 7) is 0. The third-order valence-electron chi connectivity index (χ3n) is 11.1. The number of hydrogen-bond donors (Lipinski definition) is 0. The molecule has 0 amide bonds. The van der Waals surface area contributed by atoms with E-state index in [1.165, 1.54) is 73.3 Å². The van der Waals surface area contributed by atoms with Crippen LogP contribution in [0.15, 0.2) is 182 Å². The maximum atomic E-state index is 5.21. The summed E-state index contributed by atoms with van der Waals surface area (Å²) in [4.78, 5) is 15.4. The Morgan fingerprint density at radius 1 is 0.333 bits per heavy atom. The van der Waals surface area contributed by atoms with Gasteiger partial charge in [-0.2, -0.15) is 0 Å². The fraction of sp³-hybridized carbons (Fsp3) is 0. The first-order valence-electron chi connectivity index (χ1n) is 19.0. The monoisotopic (exact) mass is 762 g/mol. The van der Waals surface area contributed by atoms with Gasteiger partial charge in [-0.25, -0.2) is 15.0 Å². The van der Waals surface area contributed by atoms with E-state index in [1.807, 2.05) is 29.5 Å². The van der Waals surface area contributed by atoms with Gasteiger partial charge in [-0.05, 0) is 59.7 Å². The molecule has 4 aromatic heterocycles. The fourth-order valence-corrected chi connectivity index (χ4v) is 10.9. The van der Waals surface area contributed by atoms with Crippen LogP contribution in [-0.4, -0.2) is 19.5 Å². The van der Waals surface area contributed by atoms with E-state index in [0.717, 1.165) is 22.4 Å². The average Bonchev–Trinajstić information content (AvgIpc) is 3.96. The van der Waals surface area contributed by atoms with E-state index in [2.05, 4.69) is 168 Å². The summed E-state index contributed by atoms with van der Waals surface area (Å²) in [5.74, 6) is 2.01. The second-order valence-corrected chi connectivity index (χ2v) is 16.5. The molecule has 4 heterocycles. The Balaban J connectivity index is 1.01. The highest BCUT2D eigenvalue weighted by molar-refractivity contribution is 7.26. The zero-order valence-corrected chi connectivity index (χ0v) is 32.1. The van der Waals surface area contributed by atoms with Crippen LogP contribution in [0.1, 0.15) is 0 Å². The number of para-hydroxylation sites is 2. The van der Waals surface area contributed by atoms with Crippen LogP contribution in [0.2, 0.25) is 0 Å². The minimum absolute atomic E-state index is 0.663. The van der Waals surface area contributed by atoms with Crippen LogP contribution in [0.5, 0.6) is 0 Å². The molecule has 6 heteroatoms. The predicted molar refractivity (Wildman–Crippen MR) is 242 cm³/mol. The molecule has 0 aliphatic rings. The maximum absolute atomic E-state index is 5.21. The molecule has 0 aliphatic heterocycles. The van der Waals surface area contributed by atoms with Crippen LogP contribution < -0.4 is 0 Å². The molecule has 0 aliphatic carbocycles. The first kappa shape index (κ1) is 32.3. The summed E-state index contributed by atoms with van der Waals surface area (Å²) in [6.07, 6.45) is 0. The molecule has 57 heavy (non-hydrogen) atoms. The molecule has 0 saturated carbocycles. The number of rotatable bonds is 5. The lowest BCUT2D eigenvalue weighted by molar-refractivity contribution is 1.08. The van der Waals surface area contributed by atoms with Crippen molar-refractivity contribution in [3.63, 3.8) is 0 Å². The molecule has 4 nitrogen and oxygen atoms in total. The second kappa shape index (κ2) is 12.8. The van der Waals surface area contributed by atoms with Gasteiger partial charge in [-0.3, -0.25) is 0 Å². The molecule has 0 atom stereocenters. The summed E-state index contributed by atoms with van der Waals surface area (Å²) >= 11 is 3.62. The summed E-state index contributed by atoms with van der Waals surface area (Å²) in [6, 6.07) is 64.9. The van der Waals surface area contributed by atoms with Gasteiger partial charge in [0.1, 0.15) is 0 Å². The molecular weight excluding hydrogens is 733 g/mol. The molecule has 8 aromatic carbocycles. The lowest BCUT2D eigenvalue weighted by atomic mass is 10.0. The van der Waals surface area contributed by atoms with Crippen LogP contribution in [0.25, 0.3) is 113 Å². The van der Waals surface area contributed by atoms with Crippen molar-refractivity contribution in [2.45, 2.75) is 0 Å². The van der Waals surface area contributed by atoms with Crippen molar-refractivity contribution in [2.75, 3.05) is 0 Å². The molecular formula is C51H30N4S2. The quantitative estimate of drug-likeness (QED) is 0.175. The Labute approximate surface area is 335 Å². The molecule has 0 spiro atoms. The van der Waals surface area contributed by atoms with Gasteiger partial charge in [0, 0.05) is 73.5 Å². The van der Waals surface area contributed by atoms with E-state index in [1.54, 1.807) is 11.3 Å². The molecule has 0 fully saturated rings. The summed E-state index contributed by atoms with van der Waals surface area (Å²) < 4.78 is 7.28. The van der Waals surface area contributed by atoms with Gasteiger partial charge in [0.05, 0.1) is 11.0 Å². The van der Waals surface area contributed by atoms with Crippen molar-refractivity contribution < 1.29 is 0 Å². The lowest BCUT2D eigenvalue weighted by Crippen LogP contribution is -2.00. The van der Waals surface area contributed by atoms with Crippen molar-refractivity contribution in [3.05, 3.63) is 182 Å². The number of fused-ring (bicyclic) bond motifs is 9. The Morgan fingerprint density at radius 3 is 1.74 bits per heavy atom. The van der Waals surface area contributed by atoms with Gasteiger partial charge in [0.15, 0.2) is 17.5 Å². The van der Waals surface area contributed by atoms with Crippen LogP contribution in [0, 0.1) is 0 Å². The minimum atomic E-state index is 0.663. The third-order valence-corrected chi connectivity index (χ3v) is 13.5. The normalized spacial score (nSPS) is 11.9. The van der Waals surface area contributed by atoms with Gasteiger partial charge >= 0.3 is 0 Å². The molecule has 12 rings (SSSR count). The highest BCUT2D eigenvalue weighted by atomic mass is 32.1. The largest absolute Gasteiger partial charge is 0.309 e. The van der Waals surface area contributed by atoms with Crippen molar-refractivity contribution in [3.8, 4) is 51.0 Å². The van der Waals surface area contributed by atoms with E-state index >= 15 is 0 Å². The topological polar surface area (TPSA) is 43.6 Å². The fourth-order valence-electron chi connectivity index (χ4n) is 8.43. The van der Waals surface area contributed by atoms with Gasteiger partial charge in [0.25, 0.3) is 0 Å². The van der Waals surface area contributed by atoms with Gasteiger partial charge in [-0.15, -0.1) is 22.7 Å². The number of thiophene rings is 2. The van der Waals surface area contributed by atoms with E-state index in [0.29, 0.717) is 17.5 Å². The van der Waals surface area contributed by atoms with Crippen LogP contribution in [-0.2, 0) is 0 Å². The van der Waals surface area contributed by atoms with Gasteiger partial charge in [0.2, 0.25) is 0 Å². The molecule has 12 aromatic rings. The Bertz CT molecular complexity index is 3530. The Kier molecular flexibility index (Phi) is 7.24. The van der Waals surface area contributed by atoms with E-state index in [-0.39, 0.29) is 0 Å². The maximum Gasteiger partial charge on any atom is 0.165 e. The standard InChI is InChI=1S/C51H30N4S2/c1-3-13-31(14-4-1)49-52-50(54-51(53-49)41-22-12-21-39-37-18-8-10-24-45(37)56-48(39)41)33-25-27-38-40-20-11-19-35(47(40)57-46(38)30-33)32-26-28-44-42(29-32)36-17-7-9-23-43(36)55(44)34-15-5-2-6-16-34/h1-30H. The molecule has 0 radical (unpaired) electrons. The van der Waals surface area contributed by atoms with Gasteiger partial charge in [-0.1, -0.05) is 133 Å². The zero-order valence-electron chi connectivity index (χ0n) is 30.4. The summed E-state index contributed by atoms with van der Waals surface area (Å²) in [7, 11) is 0. The van der Waals surface area contributed by atoms with E-state index in [9.17, 15) is 0 Å². The van der Waals surface area contributed by atoms with Gasteiger partial charge < -0.3 is 4.57 Å². The second-order valence-electron chi connectivity index (χ2n) is 14.4. The van der Waals surface area contributed by atoms with Crippen molar-refractivity contribution in [2.24, 2.45) is 0 Å². The van der Waals surface area contributed by atoms with E-state index in [4.69, 9.17) is 15.0 Å². The predicted octanol–water partition coefficient (Wildman–Crippen LogP) is 14.4. The Hall–Kier alpha value is -6.99. The number of hydrogen-bond acceptors (Lipinski definition) is 5. The SMILES string of the molecule is c1ccc(-c2nc(-c3ccc4c(c3)sc3c(-c5ccc6c(c5)c5ccccc5n6-c5ccccc5)cccc34)nc(-c3cccc4c3sc3ccccc34)n2)cc1. The molecule has 0 N–H and O–H groups in total. The smallest absolute Gasteiger partial charge is 0.165 e. The molecule has 266 valence electrons. The van der Waals surface area contributed by atoms with Crippen molar-refractivity contribution in [1.29, 1.82) is 0 Å². The van der Waals surface area contributed by atoms with Crippen LogP contribution in [0.4, 0.5) is 0 Å². The minimum Gasteiger partial charge on any atom is -0.309 e. The molecule has 0 unspecified atom stereocenters. The highest BCUT2D eigenvalue weighted by Crippen LogP contribution is 2.44. The third kappa shape index (κ3) is 5.15. The molecule has 0 bridgehead atoms. The molecule has 0 saturated heterocycles. The first-order chi connectivity index (χ1) is 28.2. The van der Waals surface area contributed by atoms with Crippen molar-refractivity contribution >= 4 is 84.8 Å². The number of aromatic nitrogens is 4. The highest BCUT2D eigenvalue weighted by Gasteiger charge is 2.19. The zero-order chi connectivity index (χ0) is 37.5. The average molecular weight is 763 g/mol.